The SMILES string of the molecule is COC(=O)c1ccc(C(=C(F)F)c2ccc(OC)cc2)cc1. The van der Waals surface area contributed by atoms with Crippen LogP contribution in [0.25, 0.3) is 5.57 Å². The molecule has 0 aliphatic carbocycles. The summed E-state index contributed by atoms with van der Waals surface area (Å²) in [4.78, 5) is 11.4. The summed E-state index contributed by atoms with van der Waals surface area (Å²) in [5.41, 5.74) is 0.808. The Bertz CT molecular complexity index is 685. The number of carbonyl (C=O) groups excluding carboxylic acids is 1. The Balaban J connectivity index is 2.40. The van der Waals surface area contributed by atoms with Gasteiger partial charge in [-0.3, -0.25) is 0 Å². The fourth-order valence-corrected chi connectivity index (χ4v) is 2.03. The van der Waals surface area contributed by atoms with Crippen LogP contribution in [0.15, 0.2) is 54.6 Å². The first kappa shape index (κ1) is 15.7. The second-order valence-corrected chi connectivity index (χ2v) is 4.43. The van der Waals surface area contributed by atoms with Gasteiger partial charge in [0.1, 0.15) is 5.75 Å². The molecule has 0 aromatic heterocycles. The van der Waals surface area contributed by atoms with Crippen molar-refractivity contribution in [3.8, 4) is 5.75 Å². The summed E-state index contributed by atoms with van der Waals surface area (Å²) in [6.45, 7) is 0. The third-order valence-electron chi connectivity index (χ3n) is 3.16. The van der Waals surface area contributed by atoms with Gasteiger partial charge in [0.2, 0.25) is 0 Å². The molecule has 0 saturated carbocycles. The van der Waals surface area contributed by atoms with Crippen LogP contribution in [0.5, 0.6) is 5.75 Å². The monoisotopic (exact) mass is 304 g/mol. The van der Waals surface area contributed by atoms with Gasteiger partial charge in [-0.05, 0) is 35.4 Å². The lowest BCUT2D eigenvalue weighted by molar-refractivity contribution is 0.0600. The second kappa shape index (κ2) is 6.85. The fourth-order valence-electron chi connectivity index (χ4n) is 2.03. The maximum atomic E-state index is 13.3. The van der Waals surface area contributed by atoms with Crippen molar-refractivity contribution in [2.45, 2.75) is 0 Å². The van der Waals surface area contributed by atoms with E-state index in [-0.39, 0.29) is 5.57 Å². The zero-order valence-electron chi connectivity index (χ0n) is 12.1. The van der Waals surface area contributed by atoms with Crippen LogP contribution in [0, 0.1) is 0 Å². The smallest absolute Gasteiger partial charge is 0.337 e. The normalized spacial score (nSPS) is 10.0. The summed E-state index contributed by atoms with van der Waals surface area (Å²) in [6, 6.07) is 12.2. The lowest BCUT2D eigenvalue weighted by Gasteiger charge is -2.09. The predicted molar refractivity (Wildman–Crippen MR) is 79.0 cm³/mol. The Hall–Kier alpha value is -2.69. The van der Waals surface area contributed by atoms with Crippen LogP contribution in [0.1, 0.15) is 21.5 Å². The van der Waals surface area contributed by atoms with Gasteiger partial charge in [-0.2, -0.15) is 8.78 Å². The van der Waals surface area contributed by atoms with E-state index in [1.54, 1.807) is 24.3 Å². The van der Waals surface area contributed by atoms with Crippen LogP contribution in [-0.2, 0) is 4.74 Å². The number of hydrogen-bond donors (Lipinski definition) is 0. The molecule has 0 radical (unpaired) electrons. The van der Waals surface area contributed by atoms with Crippen molar-refractivity contribution >= 4 is 11.5 Å². The average Bonchev–Trinajstić information content (AvgIpc) is 2.55. The number of methoxy groups -OCH3 is 2. The molecule has 2 aromatic carbocycles. The largest absolute Gasteiger partial charge is 0.497 e. The first-order chi connectivity index (χ1) is 10.6. The molecule has 0 fully saturated rings. The first-order valence-electron chi connectivity index (χ1n) is 6.45. The summed E-state index contributed by atoms with van der Waals surface area (Å²) in [5, 5.41) is 0. The Morgan fingerprint density at radius 2 is 1.27 bits per heavy atom. The van der Waals surface area contributed by atoms with Gasteiger partial charge in [0.25, 0.3) is 6.08 Å². The Morgan fingerprint density at radius 3 is 1.68 bits per heavy atom. The third-order valence-corrected chi connectivity index (χ3v) is 3.16. The van der Waals surface area contributed by atoms with E-state index in [9.17, 15) is 13.6 Å². The Morgan fingerprint density at radius 1 is 0.818 bits per heavy atom. The zero-order chi connectivity index (χ0) is 16.1. The zero-order valence-corrected chi connectivity index (χ0v) is 12.1. The van der Waals surface area contributed by atoms with Gasteiger partial charge in [-0.1, -0.05) is 24.3 Å². The van der Waals surface area contributed by atoms with Gasteiger partial charge in [0, 0.05) is 0 Å². The highest BCUT2D eigenvalue weighted by atomic mass is 19.3. The van der Waals surface area contributed by atoms with Crippen molar-refractivity contribution in [1.82, 2.24) is 0 Å². The van der Waals surface area contributed by atoms with Crippen molar-refractivity contribution in [2.24, 2.45) is 0 Å². The minimum Gasteiger partial charge on any atom is -0.497 e. The van der Waals surface area contributed by atoms with E-state index in [1.165, 1.54) is 38.5 Å². The highest BCUT2D eigenvalue weighted by molar-refractivity contribution is 5.90. The van der Waals surface area contributed by atoms with E-state index in [4.69, 9.17) is 4.74 Å². The molecule has 114 valence electrons. The number of benzene rings is 2. The van der Waals surface area contributed by atoms with Gasteiger partial charge in [0.15, 0.2) is 0 Å². The highest BCUT2D eigenvalue weighted by Gasteiger charge is 2.13. The first-order valence-corrected chi connectivity index (χ1v) is 6.45. The number of halogens is 2. The number of carbonyl (C=O) groups is 1. The summed E-state index contributed by atoms with van der Waals surface area (Å²) < 4.78 is 36.3. The number of ether oxygens (including phenoxy) is 2. The molecule has 0 aliphatic rings. The minimum absolute atomic E-state index is 0.181. The molecule has 0 bridgehead atoms. The van der Waals surface area contributed by atoms with E-state index in [0.29, 0.717) is 22.4 Å². The van der Waals surface area contributed by atoms with Crippen molar-refractivity contribution in [3.05, 3.63) is 71.3 Å². The van der Waals surface area contributed by atoms with Crippen LogP contribution in [0.4, 0.5) is 8.78 Å². The Labute approximate surface area is 126 Å². The van der Waals surface area contributed by atoms with Crippen LogP contribution < -0.4 is 4.74 Å². The molecule has 0 atom stereocenters. The molecule has 0 N–H and O–H groups in total. The standard InChI is InChI=1S/C17H14F2O3/c1-21-14-9-7-12(8-10-14)15(16(18)19)11-3-5-13(6-4-11)17(20)22-2/h3-10H,1-2H3. The van der Waals surface area contributed by atoms with Gasteiger partial charge in [-0.15, -0.1) is 0 Å². The lowest BCUT2D eigenvalue weighted by atomic mass is 9.98. The van der Waals surface area contributed by atoms with Gasteiger partial charge in [0.05, 0.1) is 25.4 Å². The molecule has 2 aromatic rings. The minimum atomic E-state index is -1.80. The topological polar surface area (TPSA) is 35.5 Å². The molecule has 5 heteroatoms. The van der Waals surface area contributed by atoms with Crippen molar-refractivity contribution in [3.63, 3.8) is 0 Å². The summed E-state index contributed by atoms with van der Waals surface area (Å²) in [5.74, 6) is 0.0747. The van der Waals surface area contributed by atoms with Crippen LogP contribution in [0.3, 0.4) is 0 Å². The molecule has 0 spiro atoms. The molecule has 0 unspecified atom stereocenters. The third kappa shape index (κ3) is 3.31. The van der Waals surface area contributed by atoms with Gasteiger partial charge < -0.3 is 9.47 Å². The molecule has 0 saturated heterocycles. The molecule has 22 heavy (non-hydrogen) atoms. The molecule has 0 heterocycles. The van der Waals surface area contributed by atoms with E-state index < -0.39 is 12.0 Å². The lowest BCUT2D eigenvalue weighted by Crippen LogP contribution is -2.01. The van der Waals surface area contributed by atoms with E-state index in [2.05, 4.69) is 4.74 Å². The molecule has 0 amide bonds. The molecule has 0 aliphatic heterocycles. The summed E-state index contributed by atoms with van der Waals surface area (Å²) >= 11 is 0. The summed E-state index contributed by atoms with van der Waals surface area (Å²) in [6.07, 6.45) is -1.80. The summed E-state index contributed by atoms with van der Waals surface area (Å²) in [7, 11) is 2.77. The second-order valence-electron chi connectivity index (χ2n) is 4.43. The van der Waals surface area contributed by atoms with E-state index in [0.717, 1.165) is 0 Å². The molecular formula is C17H14F2O3. The van der Waals surface area contributed by atoms with Crippen LogP contribution in [0.2, 0.25) is 0 Å². The van der Waals surface area contributed by atoms with Gasteiger partial charge >= 0.3 is 5.97 Å². The average molecular weight is 304 g/mol. The van der Waals surface area contributed by atoms with Crippen LogP contribution in [-0.4, -0.2) is 20.2 Å². The number of esters is 1. The van der Waals surface area contributed by atoms with Crippen molar-refractivity contribution in [1.29, 1.82) is 0 Å². The maximum Gasteiger partial charge on any atom is 0.337 e. The van der Waals surface area contributed by atoms with Crippen molar-refractivity contribution in [2.75, 3.05) is 14.2 Å². The van der Waals surface area contributed by atoms with E-state index in [1.807, 2.05) is 0 Å². The molecule has 2 rings (SSSR count). The van der Waals surface area contributed by atoms with Crippen molar-refractivity contribution < 1.29 is 23.0 Å². The molecular weight excluding hydrogens is 290 g/mol. The van der Waals surface area contributed by atoms with E-state index >= 15 is 0 Å². The number of rotatable bonds is 4. The molecule has 3 nitrogen and oxygen atoms in total. The maximum absolute atomic E-state index is 13.3. The fraction of sp³-hybridized carbons (Fsp3) is 0.118. The Kier molecular flexibility index (Phi) is 4.88. The van der Waals surface area contributed by atoms with Gasteiger partial charge in [-0.25, -0.2) is 4.79 Å². The number of hydrogen-bond acceptors (Lipinski definition) is 3. The highest BCUT2D eigenvalue weighted by Crippen LogP contribution is 2.29. The quantitative estimate of drug-likeness (QED) is 0.796. The van der Waals surface area contributed by atoms with Crippen LogP contribution >= 0.6 is 0 Å². The predicted octanol–water partition coefficient (Wildman–Crippen LogP) is 4.14.